The van der Waals surface area contributed by atoms with Crippen LogP contribution in [-0.4, -0.2) is 55.5 Å². The summed E-state index contributed by atoms with van der Waals surface area (Å²) in [5.74, 6) is -1.12. The second kappa shape index (κ2) is 8.92. The first kappa shape index (κ1) is 19.3. The number of nitrogens with one attached hydrogen (secondary N) is 1. The van der Waals surface area contributed by atoms with Crippen molar-refractivity contribution in [1.82, 2.24) is 9.80 Å². The second-order valence-corrected chi connectivity index (χ2v) is 6.55. The number of halogens is 2. The van der Waals surface area contributed by atoms with Gasteiger partial charge in [0.05, 0.1) is 13.7 Å². The fraction of sp³-hybridized carbons (Fsp3) is 0.350. The first-order valence-electron chi connectivity index (χ1n) is 8.86. The van der Waals surface area contributed by atoms with Gasteiger partial charge in [-0.3, -0.25) is 14.6 Å². The van der Waals surface area contributed by atoms with Crippen molar-refractivity contribution < 1.29 is 18.3 Å². The van der Waals surface area contributed by atoms with Crippen LogP contribution in [0.15, 0.2) is 42.5 Å². The topological polar surface area (TPSA) is 44.8 Å². The van der Waals surface area contributed by atoms with Crippen molar-refractivity contribution in [3.05, 3.63) is 59.7 Å². The molecule has 1 saturated heterocycles. The average Bonchev–Trinajstić information content (AvgIpc) is 2.67. The molecule has 27 heavy (non-hydrogen) atoms. The van der Waals surface area contributed by atoms with Crippen molar-refractivity contribution in [2.24, 2.45) is 0 Å². The first-order valence-corrected chi connectivity index (χ1v) is 8.86. The van der Waals surface area contributed by atoms with Crippen LogP contribution in [0.5, 0.6) is 5.75 Å². The lowest BCUT2D eigenvalue weighted by Gasteiger charge is -2.34. The number of amides is 1. The summed E-state index contributed by atoms with van der Waals surface area (Å²) in [6, 6.07) is 11.5. The summed E-state index contributed by atoms with van der Waals surface area (Å²) in [5.41, 5.74) is 0.817. The fourth-order valence-electron chi connectivity index (χ4n) is 3.09. The summed E-state index contributed by atoms with van der Waals surface area (Å²) >= 11 is 0. The predicted octanol–water partition coefficient (Wildman–Crippen LogP) is 2.73. The maximum Gasteiger partial charge on any atom is 0.238 e. The van der Waals surface area contributed by atoms with E-state index in [1.165, 1.54) is 11.6 Å². The van der Waals surface area contributed by atoms with Gasteiger partial charge in [-0.05, 0) is 29.8 Å². The van der Waals surface area contributed by atoms with Crippen LogP contribution >= 0.6 is 0 Å². The Labute approximate surface area is 157 Å². The van der Waals surface area contributed by atoms with Crippen LogP contribution in [0.4, 0.5) is 14.5 Å². The SMILES string of the molecule is COc1ccc(CN2CCN(CC(=O)Nc3c(F)cccc3F)CC2)cc1. The third-order valence-corrected chi connectivity index (χ3v) is 4.62. The number of hydrogen-bond donors (Lipinski definition) is 1. The van der Waals surface area contributed by atoms with Crippen LogP contribution in [0, 0.1) is 11.6 Å². The highest BCUT2D eigenvalue weighted by molar-refractivity contribution is 5.92. The van der Waals surface area contributed by atoms with Crippen LogP contribution in [0.3, 0.4) is 0 Å². The smallest absolute Gasteiger partial charge is 0.238 e. The molecule has 2 aromatic carbocycles. The van der Waals surface area contributed by atoms with Crippen LogP contribution in [0.2, 0.25) is 0 Å². The monoisotopic (exact) mass is 375 g/mol. The lowest BCUT2D eigenvalue weighted by atomic mass is 10.2. The molecule has 0 bridgehead atoms. The number of carbonyl (C=O) groups is 1. The van der Waals surface area contributed by atoms with E-state index in [-0.39, 0.29) is 12.2 Å². The molecule has 1 aliphatic rings. The van der Waals surface area contributed by atoms with Gasteiger partial charge >= 0.3 is 0 Å². The highest BCUT2D eigenvalue weighted by atomic mass is 19.1. The molecule has 1 N–H and O–H groups in total. The van der Waals surface area contributed by atoms with E-state index in [1.807, 2.05) is 29.2 Å². The zero-order chi connectivity index (χ0) is 19.2. The normalized spacial score (nSPS) is 15.5. The summed E-state index contributed by atoms with van der Waals surface area (Å²) in [5, 5.41) is 2.33. The molecule has 1 aliphatic heterocycles. The molecule has 2 aromatic rings. The van der Waals surface area contributed by atoms with E-state index in [4.69, 9.17) is 4.74 Å². The average molecular weight is 375 g/mol. The van der Waals surface area contributed by atoms with E-state index < -0.39 is 17.5 Å². The molecule has 0 spiro atoms. The van der Waals surface area contributed by atoms with E-state index in [0.717, 1.165) is 50.6 Å². The molecular formula is C20H23F2N3O2. The van der Waals surface area contributed by atoms with Crippen molar-refractivity contribution in [1.29, 1.82) is 0 Å². The molecule has 3 rings (SSSR count). The van der Waals surface area contributed by atoms with Crippen molar-refractivity contribution in [3.63, 3.8) is 0 Å². The number of carbonyl (C=O) groups excluding carboxylic acids is 1. The number of nitrogens with zero attached hydrogens (tertiary/aromatic N) is 2. The Morgan fingerprint density at radius 2 is 1.59 bits per heavy atom. The number of methoxy groups -OCH3 is 1. The van der Waals surface area contributed by atoms with Gasteiger partial charge in [-0.25, -0.2) is 8.78 Å². The minimum Gasteiger partial charge on any atom is -0.497 e. The summed E-state index contributed by atoms with van der Waals surface area (Å²) in [6.45, 7) is 4.06. The minimum atomic E-state index is -0.771. The Kier molecular flexibility index (Phi) is 6.36. The second-order valence-electron chi connectivity index (χ2n) is 6.55. The lowest BCUT2D eigenvalue weighted by Crippen LogP contribution is -2.48. The maximum atomic E-state index is 13.6. The number of piperazine rings is 1. The minimum absolute atomic E-state index is 0.115. The van der Waals surface area contributed by atoms with Gasteiger partial charge in [0.1, 0.15) is 23.1 Å². The molecule has 144 valence electrons. The van der Waals surface area contributed by atoms with Gasteiger partial charge in [0.25, 0.3) is 0 Å². The molecule has 5 nitrogen and oxygen atoms in total. The summed E-state index contributed by atoms with van der Waals surface area (Å²) in [4.78, 5) is 16.4. The van der Waals surface area contributed by atoms with Crippen molar-refractivity contribution >= 4 is 11.6 Å². The zero-order valence-corrected chi connectivity index (χ0v) is 15.3. The van der Waals surface area contributed by atoms with Crippen LogP contribution in [0.1, 0.15) is 5.56 Å². The zero-order valence-electron chi connectivity index (χ0n) is 15.3. The molecule has 1 fully saturated rings. The van der Waals surface area contributed by atoms with E-state index in [1.54, 1.807) is 7.11 Å². The molecule has 0 unspecified atom stereocenters. The molecule has 1 heterocycles. The Hall–Kier alpha value is -2.51. The molecule has 0 saturated carbocycles. The van der Waals surface area contributed by atoms with Gasteiger partial charge in [-0.15, -0.1) is 0 Å². The Bertz CT molecular complexity index is 755. The van der Waals surface area contributed by atoms with Gasteiger partial charge < -0.3 is 10.1 Å². The summed E-state index contributed by atoms with van der Waals surface area (Å²) in [7, 11) is 1.64. The highest BCUT2D eigenvalue weighted by Crippen LogP contribution is 2.18. The van der Waals surface area contributed by atoms with Gasteiger partial charge in [0, 0.05) is 32.7 Å². The molecule has 0 radical (unpaired) electrons. The van der Waals surface area contributed by atoms with Gasteiger partial charge in [0.2, 0.25) is 5.91 Å². The summed E-state index contributed by atoms with van der Waals surface area (Å²) in [6.07, 6.45) is 0. The largest absolute Gasteiger partial charge is 0.497 e. The highest BCUT2D eigenvalue weighted by Gasteiger charge is 2.20. The summed E-state index contributed by atoms with van der Waals surface area (Å²) < 4.78 is 32.4. The van der Waals surface area contributed by atoms with Gasteiger partial charge in [-0.1, -0.05) is 18.2 Å². The number of ether oxygens (including phenoxy) is 1. The standard InChI is InChI=1S/C20H23F2N3O2/c1-27-16-7-5-15(6-8-16)13-24-9-11-25(12-10-24)14-19(26)23-20-17(21)3-2-4-18(20)22/h2-8H,9-14H2,1H3,(H,23,26). The Morgan fingerprint density at radius 1 is 1.00 bits per heavy atom. The number of benzene rings is 2. The third kappa shape index (κ3) is 5.24. The van der Waals surface area contributed by atoms with Crippen LogP contribution < -0.4 is 10.1 Å². The van der Waals surface area contributed by atoms with E-state index >= 15 is 0 Å². The van der Waals surface area contributed by atoms with Crippen molar-refractivity contribution in [2.75, 3.05) is 45.2 Å². The molecule has 1 amide bonds. The third-order valence-electron chi connectivity index (χ3n) is 4.62. The van der Waals surface area contributed by atoms with Crippen molar-refractivity contribution in [3.8, 4) is 5.75 Å². The van der Waals surface area contributed by atoms with E-state index in [2.05, 4.69) is 10.2 Å². The van der Waals surface area contributed by atoms with Crippen LogP contribution in [-0.2, 0) is 11.3 Å². The Balaban J connectivity index is 1.45. The molecule has 7 heteroatoms. The lowest BCUT2D eigenvalue weighted by molar-refractivity contribution is -0.117. The van der Waals surface area contributed by atoms with E-state index in [0.29, 0.717) is 0 Å². The van der Waals surface area contributed by atoms with E-state index in [9.17, 15) is 13.6 Å². The predicted molar refractivity (Wildman–Crippen MR) is 99.7 cm³/mol. The Morgan fingerprint density at radius 3 is 2.19 bits per heavy atom. The maximum absolute atomic E-state index is 13.6. The molecule has 0 aromatic heterocycles. The molecule has 0 atom stereocenters. The number of rotatable bonds is 6. The number of hydrogen-bond acceptors (Lipinski definition) is 4. The van der Waals surface area contributed by atoms with Gasteiger partial charge in [-0.2, -0.15) is 0 Å². The molecular weight excluding hydrogens is 352 g/mol. The van der Waals surface area contributed by atoms with Gasteiger partial charge in [0.15, 0.2) is 0 Å². The first-order chi connectivity index (χ1) is 13.0. The quantitative estimate of drug-likeness (QED) is 0.843. The number of para-hydroxylation sites is 1. The van der Waals surface area contributed by atoms with Crippen molar-refractivity contribution in [2.45, 2.75) is 6.54 Å². The number of anilines is 1. The van der Waals surface area contributed by atoms with Crippen LogP contribution in [0.25, 0.3) is 0 Å². The fourth-order valence-corrected chi connectivity index (χ4v) is 3.09. The molecule has 0 aliphatic carbocycles.